The van der Waals surface area contributed by atoms with Crippen LogP contribution in [0.2, 0.25) is 5.02 Å². The molecule has 6 nitrogen and oxygen atoms in total. The Morgan fingerprint density at radius 3 is 2.55 bits per heavy atom. The number of benzene rings is 2. The van der Waals surface area contributed by atoms with E-state index in [0.29, 0.717) is 11.3 Å². The number of likely N-dealkylation sites (N-methyl/N-ethyl adjacent to an activating group) is 1. The molecule has 3 rings (SSSR count). The Hall–Kier alpha value is -2.94. The van der Waals surface area contributed by atoms with Crippen molar-refractivity contribution in [2.24, 2.45) is 0 Å². The van der Waals surface area contributed by atoms with Gasteiger partial charge in [0.15, 0.2) is 0 Å². The summed E-state index contributed by atoms with van der Waals surface area (Å²) in [5.41, 5.74) is 0.876. The molecule has 0 fully saturated rings. The molecule has 0 aliphatic rings. The minimum Gasteiger partial charge on any atom is -0.468 e. The van der Waals surface area contributed by atoms with Crippen molar-refractivity contribution >= 4 is 33.6 Å². The van der Waals surface area contributed by atoms with Gasteiger partial charge in [0.2, 0.25) is 15.9 Å². The number of hydrogen-bond acceptors (Lipinski definition) is 4. The Labute approximate surface area is 185 Å². The molecule has 1 aromatic heterocycles. The summed E-state index contributed by atoms with van der Waals surface area (Å²) in [6.07, 6.45) is 4.34. The average molecular weight is 463 g/mol. The lowest BCUT2D eigenvalue weighted by Gasteiger charge is -2.16. The van der Waals surface area contributed by atoms with E-state index >= 15 is 0 Å². The van der Waals surface area contributed by atoms with Gasteiger partial charge >= 0.3 is 0 Å². The zero-order chi connectivity index (χ0) is 22.4. The number of nitrogens with zero attached hydrogens (tertiary/aromatic N) is 1. The van der Waals surface area contributed by atoms with Crippen molar-refractivity contribution in [3.63, 3.8) is 0 Å². The van der Waals surface area contributed by atoms with Crippen LogP contribution in [0.1, 0.15) is 16.9 Å². The first-order valence-corrected chi connectivity index (χ1v) is 11.1. The Bertz CT molecular complexity index is 1160. The van der Waals surface area contributed by atoms with Gasteiger partial charge in [-0.25, -0.2) is 17.5 Å². The molecule has 0 aliphatic heterocycles. The number of rotatable bonds is 8. The Kier molecular flexibility index (Phi) is 7.27. The smallest absolute Gasteiger partial charge is 0.246 e. The van der Waals surface area contributed by atoms with E-state index in [0.717, 1.165) is 0 Å². The van der Waals surface area contributed by atoms with Gasteiger partial charge in [0.25, 0.3) is 0 Å². The highest BCUT2D eigenvalue weighted by Crippen LogP contribution is 2.20. The first kappa shape index (κ1) is 22.7. The largest absolute Gasteiger partial charge is 0.468 e. The summed E-state index contributed by atoms with van der Waals surface area (Å²) in [5.74, 6) is -0.327. The lowest BCUT2D eigenvalue weighted by Crippen LogP contribution is -2.24. The number of amides is 1. The molecular formula is C22H20ClFN2O4S. The van der Waals surface area contributed by atoms with Crippen molar-refractivity contribution < 1.29 is 22.0 Å². The van der Waals surface area contributed by atoms with Crippen molar-refractivity contribution in [2.75, 3.05) is 7.05 Å². The van der Waals surface area contributed by atoms with E-state index in [9.17, 15) is 17.6 Å². The van der Waals surface area contributed by atoms with Gasteiger partial charge in [-0.1, -0.05) is 29.8 Å². The summed E-state index contributed by atoms with van der Waals surface area (Å²) < 4.78 is 46.2. The fourth-order valence-corrected chi connectivity index (χ4v) is 3.93. The van der Waals surface area contributed by atoms with E-state index < -0.39 is 15.8 Å². The molecule has 31 heavy (non-hydrogen) atoms. The summed E-state index contributed by atoms with van der Waals surface area (Å²) in [6.45, 7) is 0.0665. The number of sulfonamides is 1. The first-order chi connectivity index (χ1) is 14.8. The van der Waals surface area contributed by atoms with E-state index in [2.05, 4.69) is 4.72 Å². The molecule has 0 saturated carbocycles. The second-order valence-electron chi connectivity index (χ2n) is 6.70. The van der Waals surface area contributed by atoms with Gasteiger partial charge in [-0.2, -0.15) is 0 Å². The SMILES string of the molecule is CN(Cc1c(F)cccc1Cl)C(=O)/C=C/c1ccc(S(=O)(=O)NCc2ccco2)cc1. The second kappa shape index (κ2) is 9.91. The molecule has 9 heteroatoms. The Morgan fingerprint density at radius 2 is 1.90 bits per heavy atom. The monoisotopic (exact) mass is 462 g/mol. The maximum absolute atomic E-state index is 13.9. The third-order valence-electron chi connectivity index (χ3n) is 4.46. The summed E-state index contributed by atoms with van der Waals surface area (Å²) in [7, 11) is -2.16. The van der Waals surface area contributed by atoms with Gasteiger partial charge in [-0.05, 0) is 48.0 Å². The number of hydrogen-bond donors (Lipinski definition) is 1. The first-order valence-electron chi connectivity index (χ1n) is 9.24. The highest BCUT2D eigenvalue weighted by molar-refractivity contribution is 7.89. The number of carbonyl (C=O) groups is 1. The number of halogens is 2. The molecule has 0 bridgehead atoms. The normalized spacial score (nSPS) is 11.7. The zero-order valence-electron chi connectivity index (χ0n) is 16.6. The standard InChI is InChI=1S/C22H20ClFN2O4S/c1-26(15-19-20(23)5-2-6-21(19)24)22(27)12-9-16-7-10-18(11-8-16)31(28,29)25-14-17-4-3-13-30-17/h2-13,25H,14-15H2,1H3/b12-9+. The summed E-state index contributed by atoms with van der Waals surface area (Å²) in [6, 6.07) is 13.7. The fraction of sp³-hybridized carbons (Fsp3) is 0.136. The zero-order valence-corrected chi connectivity index (χ0v) is 18.2. The summed E-state index contributed by atoms with van der Waals surface area (Å²) in [4.78, 5) is 13.7. The van der Waals surface area contributed by atoms with Crippen LogP contribution in [-0.4, -0.2) is 26.3 Å². The maximum atomic E-state index is 13.9. The minimum atomic E-state index is -3.70. The quantitative estimate of drug-likeness (QED) is 0.508. The summed E-state index contributed by atoms with van der Waals surface area (Å²) in [5, 5.41) is 0.251. The van der Waals surface area contributed by atoms with E-state index in [1.807, 2.05) is 0 Å². The average Bonchev–Trinajstić information content (AvgIpc) is 3.27. The van der Waals surface area contributed by atoms with E-state index in [-0.39, 0.29) is 34.5 Å². The number of carbonyl (C=O) groups excluding carboxylic acids is 1. The van der Waals surface area contributed by atoms with Crippen LogP contribution >= 0.6 is 11.6 Å². The molecule has 162 valence electrons. The van der Waals surface area contributed by atoms with E-state index in [1.54, 1.807) is 36.4 Å². The molecule has 0 spiro atoms. The van der Waals surface area contributed by atoms with Gasteiger partial charge < -0.3 is 9.32 Å². The van der Waals surface area contributed by atoms with Crippen LogP contribution in [0.4, 0.5) is 4.39 Å². The van der Waals surface area contributed by atoms with E-state index in [4.69, 9.17) is 16.0 Å². The van der Waals surface area contributed by atoms with Crippen molar-refractivity contribution in [2.45, 2.75) is 18.0 Å². The van der Waals surface area contributed by atoms with Gasteiger partial charge in [0.1, 0.15) is 11.6 Å². The fourth-order valence-electron chi connectivity index (χ4n) is 2.71. The van der Waals surface area contributed by atoms with Crippen LogP contribution in [0.15, 0.2) is 76.2 Å². The molecule has 0 unspecified atom stereocenters. The van der Waals surface area contributed by atoms with Crippen LogP contribution in [0.3, 0.4) is 0 Å². The predicted octanol–water partition coefficient (Wildman–Crippen LogP) is 4.22. The molecule has 0 aliphatic carbocycles. The maximum Gasteiger partial charge on any atom is 0.246 e. The van der Waals surface area contributed by atoms with Crippen molar-refractivity contribution in [1.82, 2.24) is 9.62 Å². The molecule has 3 aromatic rings. The molecule has 2 aromatic carbocycles. The summed E-state index contributed by atoms with van der Waals surface area (Å²) >= 11 is 6.00. The molecule has 0 atom stereocenters. The van der Waals surface area contributed by atoms with Gasteiger partial charge in [0.05, 0.1) is 17.7 Å². The Balaban J connectivity index is 1.61. The van der Waals surface area contributed by atoms with Crippen molar-refractivity contribution in [1.29, 1.82) is 0 Å². The lowest BCUT2D eigenvalue weighted by molar-refractivity contribution is -0.125. The van der Waals surface area contributed by atoms with Crippen LogP contribution in [-0.2, 0) is 27.9 Å². The number of nitrogens with one attached hydrogen (secondary N) is 1. The predicted molar refractivity (Wildman–Crippen MR) is 116 cm³/mol. The molecular weight excluding hydrogens is 443 g/mol. The topological polar surface area (TPSA) is 79.6 Å². The Morgan fingerprint density at radius 1 is 1.16 bits per heavy atom. The highest BCUT2D eigenvalue weighted by atomic mass is 35.5. The third kappa shape index (κ3) is 6.04. The van der Waals surface area contributed by atoms with Gasteiger partial charge in [-0.3, -0.25) is 4.79 Å². The molecule has 1 heterocycles. The molecule has 0 radical (unpaired) electrons. The number of furan rings is 1. The van der Waals surface area contributed by atoms with Crippen LogP contribution < -0.4 is 4.72 Å². The van der Waals surface area contributed by atoms with E-state index in [1.165, 1.54) is 48.6 Å². The molecule has 1 N–H and O–H groups in total. The van der Waals surface area contributed by atoms with Crippen LogP contribution in [0.5, 0.6) is 0 Å². The molecule has 0 saturated heterocycles. The van der Waals surface area contributed by atoms with Crippen molar-refractivity contribution in [3.8, 4) is 0 Å². The molecule has 1 amide bonds. The van der Waals surface area contributed by atoms with Crippen LogP contribution in [0.25, 0.3) is 6.08 Å². The second-order valence-corrected chi connectivity index (χ2v) is 8.87. The van der Waals surface area contributed by atoms with Crippen LogP contribution in [0, 0.1) is 5.82 Å². The lowest BCUT2D eigenvalue weighted by atomic mass is 10.2. The van der Waals surface area contributed by atoms with Gasteiger partial charge in [-0.15, -0.1) is 0 Å². The van der Waals surface area contributed by atoms with Gasteiger partial charge in [0, 0.05) is 30.3 Å². The minimum absolute atomic E-state index is 0.0210. The highest BCUT2D eigenvalue weighted by Gasteiger charge is 2.15. The third-order valence-corrected chi connectivity index (χ3v) is 6.23. The van der Waals surface area contributed by atoms with Crippen molar-refractivity contribution in [3.05, 3.63) is 94.7 Å².